The smallest absolute Gasteiger partial charge is 0.328 e. The second-order valence-corrected chi connectivity index (χ2v) is 5.52. The van der Waals surface area contributed by atoms with Crippen molar-refractivity contribution in [2.45, 2.75) is 13.0 Å². The topological polar surface area (TPSA) is 72.9 Å². The van der Waals surface area contributed by atoms with Crippen LogP contribution in [0.3, 0.4) is 0 Å². The molecular weight excluding hydrogens is 306 g/mol. The van der Waals surface area contributed by atoms with Crippen LogP contribution in [0, 0.1) is 0 Å². The molecule has 1 saturated heterocycles. The summed E-state index contributed by atoms with van der Waals surface area (Å²) in [7, 11) is 2.78. The first kappa shape index (κ1) is 16.1. The first-order chi connectivity index (χ1) is 10.5. The van der Waals surface area contributed by atoms with E-state index in [9.17, 15) is 14.4 Å². The predicted octanol–water partition coefficient (Wildman–Crippen LogP) is 2.29. The molecule has 0 radical (unpaired) electrons. The van der Waals surface area contributed by atoms with Crippen LogP contribution in [0.15, 0.2) is 29.2 Å². The van der Waals surface area contributed by atoms with Crippen molar-refractivity contribution >= 4 is 35.0 Å². The minimum Gasteiger partial charge on any atom is -0.497 e. The molecule has 116 valence electrons. The number of rotatable bonds is 4. The number of thioether (sulfide) groups is 1. The highest BCUT2D eigenvalue weighted by Crippen LogP contribution is 2.33. The van der Waals surface area contributed by atoms with Gasteiger partial charge >= 0.3 is 5.97 Å². The lowest BCUT2D eigenvalue weighted by Gasteiger charge is -2.18. The zero-order valence-electron chi connectivity index (χ0n) is 12.4. The van der Waals surface area contributed by atoms with Gasteiger partial charge in [-0.25, -0.2) is 4.79 Å². The summed E-state index contributed by atoms with van der Waals surface area (Å²) >= 11 is 0.802. The molecule has 1 fully saturated rings. The molecule has 1 aromatic carbocycles. The highest BCUT2D eigenvalue weighted by atomic mass is 32.2. The highest BCUT2D eigenvalue weighted by molar-refractivity contribution is 8.18. The van der Waals surface area contributed by atoms with Crippen molar-refractivity contribution in [3.63, 3.8) is 0 Å². The van der Waals surface area contributed by atoms with E-state index >= 15 is 0 Å². The Bertz CT molecular complexity index is 638. The van der Waals surface area contributed by atoms with Gasteiger partial charge < -0.3 is 9.47 Å². The van der Waals surface area contributed by atoms with Crippen molar-refractivity contribution in [3.8, 4) is 5.75 Å². The molecule has 1 heterocycles. The molecule has 0 unspecified atom stereocenters. The SMILES string of the molecule is COC(=O)[C@@H](C)N1C(=O)S/C(=C\c2ccc(OC)cc2)C1=O. The molecule has 1 aliphatic rings. The van der Waals surface area contributed by atoms with E-state index in [0.717, 1.165) is 22.2 Å². The molecule has 0 aromatic heterocycles. The van der Waals surface area contributed by atoms with Crippen molar-refractivity contribution in [2.75, 3.05) is 14.2 Å². The molecule has 0 N–H and O–H groups in total. The number of benzene rings is 1. The van der Waals surface area contributed by atoms with Crippen LogP contribution < -0.4 is 4.74 Å². The van der Waals surface area contributed by atoms with Crippen LogP contribution in [-0.4, -0.2) is 42.3 Å². The van der Waals surface area contributed by atoms with E-state index in [4.69, 9.17) is 4.74 Å². The maximum absolute atomic E-state index is 12.3. The summed E-state index contributed by atoms with van der Waals surface area (Å²) in [5.74, 6) is -0.429. The van der Waals surface area contributed by atoms with Gasteiger partial charge in [0.1, 0.15) is 11.8 Å². The van der Waals surface area contributed by atoms with Gasteiger partial charge in [-0.05, 0) is 42.5 Å². The van der Waals surface area contributed by atoms with Gasteiger partial charge in [0.25, 0.3) is 11.1 Å². The van der Waals surface area contributed by atoms with Crippen molar-refractivity contribution in [2.24, 2.45) is 0 Å². The minimum atomic E-state index is -0.945. The fourth-order valence-corrected chi connectivity index (χ4v) is 2.85. The summed E-state index contributed by atoms with van der Waals surface area (Å²) in [6.45, 7) is 1.46. The van der Waals surface area contributed by atoms with E-state index in [1.165, 1.54) is 14.0 Å². The third kappa shape index (κ3) is 3.14. The van der Waals surface area contributed by atoms with Gasteiger partial charge in [0.15, 0.2) is 0 Å². The van der Waals surface area contributed by atoms with Crippen LogP contribution >= 0.6 is 11.8 Å². The summed E-state index contributed by atoms with van der Waals surface area (Å²) in [4.78, 5) is 36.9. The number of methoxy groups -OCH3 is 2. The number of hydrogen-bond acceptors (Lipinski definition) is 6. The Balaban J connectivity index is 2.23. The molecule has 2 amide bonds. The zero-order valence-corrected chi connectivity index (χ0v) is 13.2. The average molecular weight is 321 g/mol. The average Bonchev–Trinajstić information content (AvgIpc) is 2.80. The monoisotopic (exact) mass is 321 g/mol. The summed E-state index contributed by atoms with van der Waals surface area (Å²) in [5, 5.41) is -0.484. The molecule has 0 aliphatic carbocycles. The Morgan fingerprint density at radius 2 is 1.86 bits per heavy atom. The molecule has 1 atom stereocenters. The Morgan fingerprint density at radius 3 is 2.41 bits per heavy atom. The van der Waals surface area contributed by atoms with Crippen molar-refractivity contribution in [1.29, 1.82) is 0 Å². The molecule has 0 spiro atoms. The summed E-state index contributed by atoms with van der Waals surface area (Å²) in [6.07, 6.45) is 1.61. The summed E-state index contributed by atoms with van der Waals surface area (Å²) < 4.78 is 9.63. The number of carbonyl (C=O) groups excluding carboxylic acids is 3. The number of imide groups is 1. The largest absolute Gasteiger partial charge is 0.497 e. The lowest BCUT2D eigenvalue weighted by Crippen LogP contribution is -2.42. The van der Waals surface area contributed by atoms with Gasteiger partial charge in [0.05, 0.1) is 19.1 Å². The van der Waals surface area contributed by atoms with Crippen molar-refractivity contribution < 1.29 is 23.9 Å². The van der Waals surface area contributed by atoms with E-state index < -0.39 is 23.2 Å². The van der Waals surface area contributed by atoms with Gasteiger partial charge in [-0.2, -0.15) is 0 Å². The van der Waals surface area contributed by atoms with E-state index in [-0.39, 0.29) is 4.91 Å². The molecule has 6 nitrogen and oxygen atoms in total. The normalized spacial score (nSPS) is 17.8. The summed E-state index contributed by atoms with van der Waals surface area (Å²) in [5.41, 5.74) is 0.761. The molecular formula is C15H15NO5S. The maximum atomic E-state index is 12.3. The van der Waals surface area contributed by atoms with Gasteiger partial charge in [-0.1, -0.05) is 12.1 Å². The van der Waals surface area contributed by atoms with Crippen LogP contribution in [0.1, 0.15) is 12.5 Å². The first-order valence-electron chi connectivity index (χ1n) is 6.47. The van der Waals surface area contributed by atoms with Crippen LogP contribution in [0.25, 0.3) is 6.08 Å². The fourth-order valence-electron chi connectivity index (χ4n) is 1.94. The predicted molar refractivity (Wildman–Crippen MR) is 82.3 cm³/mol. The number of hydrogen-bond donors (Lipinski definition) is 0. The maximum Gasteiger partial charge on any atom is 0.328 e. The molecule has 2 rings (SSSR count). The number of amides is 2. The minimum absolute atomic E-state index is 0.269. The second kappa shape index (κ2) is 6.65. The summed E-state index contributed by atoms with van der Waals surface area (Å²) in [6, 6.07) is 6.12. The van der Waals surface area contributed by atoms with Gasteiger partial charge in [-0.3, -0.25) is 14.5 Å². The Labute approximate surface area is 132 Å². The second-order valence-electron chi connectivity index (χ2n) is 4.52. The lowest BCUT2D eigenvalue weighted by atomic mass is 10.2. The van der Waals surface area contributed by atoms with Gasteiger partial charge in [-0.15, -0.1) is 0 Å². The first-order valence-corrected chi connectivity index (χ1v) is 7.28. The van der Waals surface area contributed by atoms with Gasteiger partial charge in [0.2, 0.25) is 0 Å². The van der Waals surface area contributed by atoms with Crippen molar-refractivity contribution in [3.05, 3.63) is 34.7 Å². The number of esters is 1. The molecule has 0 bridgehead atoms. The van der Waals surface area contributed by atoms with E-state index in [1.54, 1.807) is 37.5 Å². The standard InChI is InChI=1S/C15H15NO5S/c1-9(14(18)21-3)16-13(17)12(22-15(16)19)8-10-4-6-11(20-2)7-5-10/h4-9H,1-3H3/b12-8-/t9-/m1/s1. The molecule has 0 saturated carbocycles. The molecule has 1 aliphatic heterocycles. The number of ether oxygens (including phenoxy) is 2. The van der Waals surface area contributed by atoms with E-state index in [0.29, 0.717) is 5.75 Å². The highest BCUT2D eigenvalue weighted by Gasteiger charge is 2.41. The Morgan fingerprint density at radius 1 is 1.23 bits per heavy atom. The Hall–Kier alpha value is -2.28. The number of carbonyl (C=O) groups is 3. The fraction of sp³-hybridized carbons (Fsp3) is 0.267. The van der Waals surface area contributed by atoms with Crippen LogP contribution in [0.2, 0.25) is 0 Å². The quantitative estimate of drug-likeness (QED) is 0.626. The van der Waals surface area contributed by atoms with E-state index in [2.05, 4.69) is 4.74 Å². The van der Waals surface area contributed by atoms with Gasteiger partial charge in [0, 0.05) is 0 Å². The number of nitrogens with zero attached hydrogens (tertiary/aromatic N) is 1. The van der Waals surface area contributed by atoms with E-state index in [1.807, 2.05) is 0 Å². The molecule has 22 heavy (non-hydrogen) atoms. The zero-order chi connectivity index (χ0) is 16.3. The van der Waals surface area contributed by atoms with Crippen LogP contribution in [-0.2, 0) is 14.3 Å². The Kier molecular flexibility index (Phi) is 4.87. The van der Waals surface area contributed by atoms with Crippen LogP contribution in [0.4, 0.5) is 4.79 Å². The molecule has 7 heteroatoms. The lowest BCUT2D eigenvalue weighted by molar-refractivity contribution is -0.148. The third-order valence-corrected chi connectivity index (χ3v) is 4.05. The molecule has 1 aromatic rings. The third-order valence-electron chi connectivity index (χ3n) is 3.17. The van der Waals surface area contributed by atoms with Crippen LogP contribution in [0.5, 0.6) is 5.75 Å². The van der Waals surface area contributed by atoms with Crippen molar-refractivity contribution in [1.82, 2.24) is 4.90 Å².